The average Bonchev–Trinajstić information content (AvgIpc) is 2.45. The first-order valence-corrected chi connectivity index (χ1v) is 8.19. The normalized spacial score (nSPS) is 19.4. The van der Waals surface area contributed by atoms with E-state index in [4.69, 9.17) is 9.47 Å². The summed E-state index contributed by atoms with van der Waals surface area (Å²) in [5, 5.41) is 0. The summed E-state index contributed by atoms with van der Waals surface area (Å²) in [4.78, 5) is 12.8. The van der Waals surface area contributed by atoms with Crippen LogP contribution in [0, 0.1) is 0 Å². The van der Waals surface area contributed by atoms with Crippen molar-refractivity contribution < 1.29 is 14.3 Å². The number of methoxy groups -OCH3 is 1. The third-order valence-electron chi connectivity index (χ3n) is 3.17. The highest BCUT2D eigenvalue weighted by molar-refractivity contribution is 9.10. The highest BCUT2D eigenvalue weighted by Gasteiger charge is 2.32. The van der Waals surface area contributed by atoms with Crippen molar-refractivity contribution >= 4 is 33.7 Å². The molecule has 5 heteroatoms. The van der Waals surface area contributed by atoms with Crippen molar-refractivity contribution in [1.82, 2.24) is 0 Å². The molecule has 0 saturated heterocycles. The number of hydrogen-bond donors (Lipinski definition) is 0. The molecular weight excluding hydrogens is 328 g/mol. The third-order valence-corrected chi connectivity index (χ3v) is 5.29. The molecule has 1 aliphatic heterocycles. The van der Waals surface area contributed by atoms with Crippen LogP contribution in [-0.4, -0.2) is 30.3 Å². The lowest BCUT2D eigenvalue weighted by atomic mass is 9.92. The van der Waals surface area contributed by atoms with E-state index in [-0.39, 0.29) is 16.7 Å². The Bertz CT molecular complexity index is 464. The van der Waals surface area contributed by atoms with E-state index in [1.807, 2.05) is 30.8 Å². The fourth-order valence-electron chi connectivity index (χ4n) is 2.21. The summed E-state index contributed by atoms with van der Waals surface area (Å²) in [5.74, 6) is 1.85. The van der Waals surface area contributed by atoms with Crippen LogP contribution in [-0.2, 0) is 9.53 Å². The third kappa shape index (κ3) is 3.26. The number of esters is 1. The van der Waals surface area contributed by atoms with Gasteiger partial charge >= 0.3 is 5.97 Å². The molecule has 1 aromatic carbocycles. The van der Waals surface area contributed by atoms with Crippen LogP contribution in [0.3, 0.4) is 0 Å². The second-order valence-corrected chi connectivity index (χ2v) is 6.42. The highest BCUT2D eigenvalue weighted by Crippen LogP contribution is 2.42. The predicted octanol–water partition coefficient (Wildman–Crippen LogP) is 3.60. The van der Waals surface area contributed by atoms with E-state index in [9.17, 15) is 4.79 Å². The van der Waals surface area contributed by atoms with E-state index in [0.29, 0.717) is 6.61 Å². The van der Waals surface area contributed by atoms with Crippen LogP contribution in [0.5, 0.6) is 5.75 Å². The Morgan fingerprint density at radius 3 is 3.05 bits per heavy atom. The van der Waals surface area contributed by atoms with Gasteiger partial charge in [0.1, 0.15) is 10.6 Å². The SMILES string of the molecule is CCOC(=O)C(Br)C1CCSc2cc(OC)ccc21. The van der Waals surface area contributed by atoms with Crippen LogP contribution in [0.2, 0.25) is 0 Å². The fraction of sp³-hybridized carbons (Fsp3) is 0.500. The number of carbonyl (C=O) groups excluding carboxylic acids is 1. The molecule has 104 valence electrons. The molecule has 0 aromatic heterocycles. The maximum Gasteiger partial charge on any atom is 0.320 e. The number of halogens is 1. The molecule has 0 radical (unpaired) electrons. The molecule has 0 fully saturated rings. The Labute approximate surface area is 126 Å². The first-order chi connectivity index (χ1) is 9.17. The molecule has 2 rings (SSSR count). The van der Waals surface area contributed by atoms with Crippen LogP contribution in [0.15, 0.2) is 23.1 Å². The lowest BCUT2D eigenvalue weighted by molar-refractivity contribution is -0.142. The largest absolute Gasteiger partial charge is 0.497 e. The van der Waals surface area contributed by atoms with E-state index < -0.39 is 0 Å². The first-order valence-electron chi connectivity index (χ1n) is 6.28. The quantitative estimate of drug-likeness (QED) is 0.617. The lowest BCUT2D eigenvalue weighted by Gasteiger charge is -2.28. The number of benzene rings is 1. The zero-order valence-corrected chi connectivity index (χ0v) is 13.4. The standard InChI is InChI=1S/C14H17BrO3S/c1-3-18-14(16)13(15)11-6-7-19-12-8-9(17-2)4-5-10(11)12/h4-5,8,11,13H,3,6-7H2,1-2H3. The summed E-state index contributed by atoms with van der Waals surface area (Å²) in [7, 11) is 1.67. The summed E-state index contributed by atoms with van der Waals surface area (Å²) >= 11 is 5.31. The minimum Gasteiger partial charge on any atom is -0.497 e. The van der Waals surface area contributed by atoms with Gasteiger partial charge < -0.3 is 9.47 Å². The summed E-state index contributed by atoms with van der Waals surface area (Å²) in [6.07, 6.45) is 0.971. The van der Waals surface area contributed by atoms with E-state index in [1.54, 1.807) is 7.11 Å². The second kappa shape index (κ2) is 6.66. The zero-order valence-electron chi connectivity index (χ0n) is 11.0. The number of alkyl halides is 1. The van der Waals surface area contributed by atoms with Crippen LogP contribution in [0.4, 0.5) is 0 Å². The number of hydrogen-bond acceptors (Lipinski definition) is 4. The molecule has 0 spiro atoms. The van der Waals surface area contributed by atoms with Crippen molar-refractivity contribution in [3.8, 4) is 5.75 Å². The number of rotatable bonds is 4. The number of ether oxygens (including phenoxy) is 2. The molecule has 0 saturated carbocycles. The van der Waals surface area contributed by atoms with Crippen LogP contribution in [0.25, 0.3) is 0 Å². The average molecular weight is 345 g/mol. The summed E-state index contributed by atoms with van der Waals surface area (Å²) in [6.45, 7) is 2.24. The van der Waals surface area contributed by atoms with Crippen molar-refractivity contribution in [3.63, 3.8) is 0 Å². The van der Waals surface area contributed by atoms with Crippen LogP contribution < -0.4 is 4.74 Å². The number of carbonyl (C=O) groups is 1. The van der Waals surface area contributed by atoms with Crippen molar-refractivity contribution in [2.45, 2.75) is 29.0 Å². The second-order valence-electron chi connectivity index (χ2n) is 4.30. The van der Waals surface area contributed by atoms with Gasteiger partial charge in [-0.25, -0.2) is 0 Å². The Kier molecular flexibility index (Phi) is 5.16. The minimum atomic E-state index is -0.277. The maximum atomic E-state index is 11.9. The predicted molar refractivity (Wildman–Crippen MR) is 80.4 cm³/mol. The Morgan fingerprint density at radius 2 is 2.37 bits per heavy atom. The number of fused-ring (bicyclic) bond motifs is 1. The van der Waals surface area contributed by atoms with Crippen LogP contribution in [0.1, 0.15) is 24.8 Å². The van der Waals surface area contributed by atoms with E-state index in [2.05, 4.69) is 22.0 Å². The van der Waals surface area contributed by atoms with Gasteiger partial charge in [-0.2, -0.15) is 0 Å². The van der Waals surface area contributed by atoms with Gasteiger partial charge in [0.05, 0.1) is 13.7 Å². The van der Waals surface area contributed by atoms with Gasteiger partial charge in [0.25, 0.3) is 0 Å². The van der Waals surface area contributed by atoms with Gasteiger partial charge in [-0.15, -0.1) is 11.8 Å². The molecule has 0 bridgehead atoms. The van der Waals surface area contributed by atoms with Gasteiger partial charge in [-0.1, -0.05) is 22.0 Å². The Balaban J connectivity index is 2.24. The van der Waals surface area contributed by atoms with Crippen LogP contribution >= 0.6 is 27.7 Å². The molecule has 0 aliphatic carbocycles. The lowest BCUT2D eigenvalue weighted by Crippen LogP contribution is -2.27. The van der Waals surface area contributed by atoms with Crippen molar-refractivity contribution in [2.24, 2.45) is 0 Å². The molecule has 2 unspecified atom stereocenters. The van der Waals surface area contributed by atoms with Crippen molar-refractivity contribution in [1.29, 1.82) is 0 Å². The van der Waals surface area contributed by atoms with E-state index in [0.717, 1.165) is 17.9 Å². The molecule has 3 nitrogen and oxygen atoms in total. The molecule has 1 heterocycles. The number of thioether (sulfide) groups is 1. The maximum absolute atomic E-state index is 11.9. The fourth-order valence-corrected chi connectivity index (χ4v) is 4.07. The van der Waals surface area contributed by atoms with E-state index in [1.165, 1.54) is 10.5 Å². The van der Waals surface area contributed by atoms with Gasteiger partial charge in [0.15, 0.2) is 0 Å². The van der Waals surface area contributed by atoms with E-state index >= 15 is 0 Å². The first kappa shape index (κ1) is 14.7. The smallest absolute Gasteiger partial charge is 0.320 e. The summed E-state index contributed by atoms with van der Waals surface area (Å²) in [5.41, 5.74) is 1.20. The Hall–Kier alpha value is -0.680. The monoisotopic (exact) mass is 344 g/mol. The molecule has 19 heavy (non-hydrogen) atoms. The topological polar surface area (TPSA) is 35.5 Å². The highest BCUT2D eigenvalue weighted by atomic mass is 79.9. The molecule has 2 atom stereocenters. The van der Waals surface area contributed by atoms with Gasteiger partial charge in [0, 0.05) is 10.8 Å². The summed E-state index contributed by atoms with van der Waals surface area (Å²) < 4.78 is 10.3. The minimum absolute atomic E-state index is 0.168. The van der Waals surface area contributed by atoms with Crippen molar-refractivity contribution in [3.05, 3.63) is 23.8 Å². The molecule has 1 aliphatic rings. The van der Waals surface area contributed by atoms with Gasteiger partial charge in [0.2, 0.25) is 0 Å². The molecule has 0 amide bonds. The summed E-state index contributed by atoms with van der Waals surface area (Å²) in [6, 6.07) is 6.04. The van der Waals surface area contributed by atoms with Gasteiger partial charge in [-0.05, 0) is 36.8 Å². The molecule has 1 aromatic rings. The zero-order chi connectivity index (χ0) is 13.8. The van der Waals surface area contributed by atoms with Crippen molar-refractivity contribution in [2.75, 3.05) is 19.5 Å². The Morgan fingerprint density at radius 1 is 1.58 bits per heavy atom. The van der Waals surface area contributed by atoms with Gasteiger partial charge in [-0.3, -0.25) is 4.79 Å². The molecular formula is C14H17BrO3S. The molecule has 0 N–H and O–H groups in total.